The number of carbonyl (C=O) groups is 1. The molecule has 0 spiro atoms. The van der Waals surface area contributed by atoms with Gasteiger partial charge in [0.05, 0.1) is 32.1 Å². The van der Waals surface area contributed by atoms with E-state index in [4.69, 9.17) is 19.9 Å². The van der Waals surface area contributed by atoms with Gasteiger partial charge in [0, 0.05) is 0 Å². The van der Waals surface area contributed by atoms with Crippen molar-refractivity contribution in [1.82, 2.24) is 10.3 Å². The first kappa shape index (κ1) is 18.0. The van der Waals surface area contributed by atoms with E-state index < -0.39 is 11.7 Å². The Bertz CT molecular complexity index is 500. The molecule has 7 heteroatoms. The van der Waals surface area contributed by atoms with Gasteiger partial charge >= 0.3 is 6.09 Å². The molecule has 0 saturated heterocycles. The van der Waals surface area contributed by atoms with Crippen LogP contribution in [0.2, 0.25) is 0 Å². The van der Waals surface area contributed by atoms with Gasteiger partial charge in [-0.3, -0.25) is 0 Å². The highest BCUT2D eigenvalue weighted by atomic mass is 16.6. The third-order valence-corrected chi connectivity index (χ3v) is 2.54. The number of carbonyl (C=O) groups excluding carboxylic acids is 1. The number of rotatable bonds is 6. The molecule has 1 amide bonds. The summed E-state index contributed by atoms with van der Waals surface area (Å²) in [5, 5.41) is 2.70. The molecule has 0 aliphatic rings. The van der Waals surface area contributed by atoms with Crippen LogP contribution in [0.4, 0.5) is 10.6 Å². The number of aromatic nitrogens is 1. The van der Waals surface area contributed by atoms with Crippen LogP contribution in [-0.2, 0) is 16.1 Å². The van der Waals surface area contributed by atoms with Crippen molar-refractivity contribution in [3.05, 3.63) is 17.8 Å². The molecule has 0 saturated carbocycles. The van der Waals surface area contributed by atoms with Gasteiger partial charge in [0.1, 0.15) is 5.60 Å². The molecule has 0 aliphatic carbocycles. The number of nitrogens with zero attached hydrogens (tertiary/aromatic N) is 1. The van der Waals surface area contributed by atoms with Crippen LogP contribution in [0.1, 0.15) is 33.4 Å². The highest BCUT2D eigenvalue weighted by molar-refractivity contribution is 5.68. The molecule has 22 heavy (non-hydrogen) atoms. The molecule has 0 radical (unpaired) electrons. The Kier molecular flexibility index (Phi) is 6.42. The van der Waals surface area contributed by atoms with E-state index in [1.165, 1.54) is 7.11 Å². The highest BCUT2D eigenvalue weighted by Gasteiger charge is 2.17. The second-order valence-electron chi connectivity index (χ2n) is 5.95. The number of methoxy groups -OCH3 is 1. The van der Waals surface area contributed by atoms with E-state index in [0.29, 0.717) is 30.5 Å². The lowest BCUT2D eigenvalue weighted by Crippen LogP contribution is -2.39. The van der Waals surface area contributed by atoms with Crippen LogP contribution in [0.25, 0.3) is 0 Å². The van der Waals surface area contributed by atoms with Gasteiger partial charge in [-0.05, 0) is 39.8 Å². The predicted molar refractivity (Wildman–Crippen MR) is 83.7 cm³/mol. The van der Waals surface area contributed by atoms with Crippen molar-refractivity contribution in [3.8, 4) is 5.75 Å². The standard InChI is InChI=1S/C15H25N3O4/c1-10(17-14(19)22-15(2,3)4)8-21-9-11-6-7-12(20-5)13(16)18-11/h6-7,10H,8-9H2,1-5H3,(H2,16,18)(H,17,19)/t10-/m1/s1. The normalized spacial score (nSPS) is 12.6. The molecule has 1 aromatic heterocycles. The number of ether oxygens (including phenoxy) is 3. The summed E-state index contributed by atoms with van der Waals surface area (Å²) < 4.78 is 15.7. The fourth-order valence-corrected chi connectivity index (χ4v) is 1.65. The lowest BCUT2D eigenvalue weighted by atomic mass is 10.2. The molecule has 3 N–H and O–H groups in total. The van der Waals surface area contributed by atoms with Crippen molar-refractivity contribution in [1.29, 1.82) is 0 Å². The van der Waals surface area contributed by atoms with Crippen molar-refractivity contribution in [2.75, 3.05) is 19.5 Å². The predicted octanol–water partition coefficient (Wildman–Crippen LogP) is 2.10. The fourth-order valence-electron chi connectivity index (χ4n) is 1.65. The number of alkyl carbamates (subject to hydrolysis) is 1. The van der Waals surface area contributed by atoms with Gasteiger partial charge in [-0.15, -0.1) is 0 Å². The van der Waals surface area contributed by atoms with E-state index in [9.17, 15) is 4.79 Å². The fraction of sp³-hybridized carbons (Fsp3) is 0.600. The molecule has 0 fully saturated rings. The summed E-state index contributed by atoms with van der Waals surface area (Å²) in [6.07, 6.45) is -0.463. The van der Waals surface area contributed by atoms with Crippen molar-refractivity contribution in [2.45, 2.75) is 45.9 Å². The van der Waals surface area contributed by atoms with Crippen LogP contribution >= 0.6 is 0 Å². The lowest BCUT2D eigenvalue weighted by Gasteiger charge is -2.21. The number of amides is 1. The topological polar surface area (TPSA) is 95.7 Å². The van der Waals surface area contributed by atoms with Gasteiger partial charge in [-0.1, -0.05) is 0 Å². The highest BCUT2D eigenvalue weighted by Crippen LogP contribution is 2.18. The van der Waals surface area contributed by atoms with Crippen molar-refractivity contribution >= 4 is 11.9 Å². The molecule has 124 valence electrons. The van der Waals surface area contributed by atoms with Gasteiger partial charge in [0.15, 0.2) is 11.6 Å². The van der Waals surface area contributed by atoms with E-state index >= 15 is 0 Å². The van der Waals surface area contributed by atoms with Crippen molar-refractivity contribution in [3.63, 3.8) is 0 Å². The van der Waals surface area contributed by atoms with Crippen LogP contribution in [0.15, 0.2) is 12.1 Å². The number of anilines is 1. The van der Waals surface area contributed by atoms with Crippen LogP contribution in [0.5, 0.6) is 5.75 Å². The zero-order valence-corrected chi connectivity index (χ0v) is 13.8. The molecule has 1 rings (SSSR count). The number of hydrogen-bond acceptors (Lipinski definition) is 6. The Morgan fingerprint density at radius 3 is 2.64 bits per heavy atom. The Morgan fingerprint density at radius 2 is 2.09 bits per heavy atom. The quantitative estimate of drug-likeness (QED) is 0.835. The molecule has 1 aromatic rings. The van der Waals surface area contributed by atoms with Gasteiger partial charge in [0.2, 0.25) is 0 Å². The van der Waals surface area contributed by atoms with Gasteiger partial charge < -0.3 is 25.3 Å². The average Bonchev–Trinajstić information content (AvgIpc) is 2.36. The maximum absolute atomic E-state index is 11.6. The first-order valence-corrected chi connectivity index (χ1v) is 7.08. The lowest BCUT2D eigenvalue weighted by molar-refractivity contribution is 0.0440. The minimum Gasteiger partial charge on any atom is -0.493 e. The second kappa shape index (κ2) is 7.84. The van der Waals surface area contributed by atoms with Gasteiger partial charge in [-0.25, -0.2) is 9.78 Å². The van der Waals surface area contributed by atoms with E-state index in [2.05, 4.69) is 10.3 Å². The summed E-state index contributed by atoms with van der Waals surface area (Å²) in [6, 6.07) is 3.34. The van der Waals surface area contributed by atoms with E-state index in [1.54, 1.807) is 12.1 Å². The largest absolute Gasteiger partial charge is 0.493 e. The monoisotopic (exact) mass is 311 g/mol. The third kappa shape index (κ3) is 6.62. The number of pyridine rings is 1. The second-order valence-corrected chi connectivity index (χ2v) is 5.95. The third-order valence-electron chi connectivity index (χ3n) is 2.54. The maximum atomic E-state index is 11.6. The van der Waals surface area contributed by atoms with E-state index in [1.807, 2.05) is 27.7 Å². The number of nitrogens with two attached hydrogens (primary N) is 1. The summed E-state index contributed by atoms with van der Waals surface area (Å²) in [7, 11) is 1.54. The van der Waals surface area contributed by atoms with Crippen LogP contribution < -0.4 is 15.8 Å². The molecule has 0 unspecified atom stereocenters. The smallest absolute Gasteiger partial charge is 0.407 e. The van der Waals surface area contributed by atoms with Crippen LogP contribution in [-0.4, -0.2) is 36.4 Å². The first-order valence-electron chi connectivity index (χ1n) is 7.08. The molecule has 0 bridgehead atoms. The van der Waals surface area contributed by atoms with Crippen LogP contribution in [0.3, 0.4) is 0 Å². The summed E-state index contributed by atoms with van der Waals surface area (Å²) in [5.41, 5.74) is 5.90. The molecule has 0 aromatic carbocycles. The Morgan fingerprint density at radius 1 is 1.41 bits per heavy atom. The first-order chi connectivity index (χ1) is 10.2. The molecular formula is C15H25N3O4. The molecule has 7 nitrogen and oxygen atoms in total. The number of nitrogens with one attached hydrogen (secondary N) is 1. The number of hydrogen-bond donors (Lipinski definition) is 2. The SMILES string of the molecule is COc1ccc(COC[C@@H](C)NC(=O)OC(C)(C)C)nc1N. The molecule has 1 atom stereocenters. The summed E-state index contributed by atoms with van der Waals surface area (Å²) in [5.74, 6) is 0.854. The van der Waals surface area contributed by atoms with E-state index in [0.717, 1.165) is 0 Å². The summed E-state index contributed by atoms with van der Waals surface area (Å²) >= 11 is 0. The average molecular weight is 311 g/mol. The minimum absolute atomic E-state index is 0.176. The Balaban J connectivity index is 2.34. The van der Waals surface area contributed by atoms with Gasteiger partial charge in [-0.2, -0.15) is 0 Å². The zero-order chi connectivity index (χ0) is 16.8. The summed E-state index contributed by atoms with van der Waals surface area (Å²) in [4.78, 5) is 15.8. The van der Waals surface area contributed by atoms with Crippen molar-refractivity contribution in [2.24, 2.45) is 0 Å². The molecule has 1 heterocycles. The molecular weight excluding hydrogens is 286 g/mol. The molecule has 0 aliphatic heterocycles. The summed E-state index contributed by atoms with van der Waals surface area (Å²) in [6.45, 7) is 7.91. The van der Waals surface area contributed by atoms with Gasteiger partial charge in [0.25, 0.3) is 0 Å². The maximum Gasteiger partial charge on any atom is 0.407 e. The van der Waals surface area contributed by atoms with Crippen molar-refractivity contribution < 1.29 is 19.0 Å². The Labute approximate surface area is 131 Å². The van der Waals surface area contributed by atoms with Crippen LogP contribution in [0, 0.1) is 0 Å². The Hall–Kier alpha value is -2.02. The number of nitrogen functional groups attached to an aromatic ring is 1. The minimum atomic E-state index is -0.519. The zero-order valence-electron chi connectivity index (χ0n) is 13.8. The van der Waals surface area contributed by atoms with E-state index in [-0.39, 0.29) is 6.04 Å².